The van der Waals surface area contributed by atoms with Gasteiger partial charge in [0.15, 0.2) is 0 Å². The van der Waals surface area contributed by atoms with Gasteiger partial charge in [-0.05, 0) is 53.6 Å². The summed E-state index contributed by atoms with van der Waals surface area (Å²) in [7, 11) is 0. The summed E-state index contributed by atoms with van der Waals surface area (Å²) in [5.74, 6) is -0.208. The number of likely N-dealkylation sites (tertiary alicyclic amines) is 1. The van der Waals surface area contributed by atoms with E-state index >= 15 is 0 Å². The molecule has 28 heavy (non-hydrogen) atoms. The summed E-state index contributed by atoms with van der Waals surface area (Å²) in [6.45, 7) is 2.72. The highest BCUT2D eigenvalue weighted by atomic mass is 19.1. The van der Waals surface area contributed by atoms with Crippen molar-refractivity contribution in [3.05, 3.63) is 107 Å². The van der Waals surface area contributed by atoms with E-state index in [1.54, 1.807) is 0 Å². The van der Waals surface area contributed by atoms with Crippen molar-refractivity contribution in [3.8, 4) is 0 Å². The summed E-state index contributed by atoms with van der Waals surface area (Å²) in [5, 5.41) is 11.2. The van der Waals surface area contributed by atoms with E-state index in [0.717, 1.165) is 50.0 Å². The monoisotopic (exact) mass is 375 g/mol. The van der Waals surface area contributed by atoms with Crippen molar-refractivity contribution in [2.24, 2.45) is 0 Å². The fraction of sp³-hybridized carbons (Fsp3) is 0.280. The number of benzene rings is 3. The lowest BCUT2D eigenvalue weighted by Crippen LogP contribution is -2.42. The minimum absolute atomic E-state index is 0.208. The smallest absolute Gasteiger partial charge is 0.123 e. The molecule has 3 aromatic rings. The van der Waals surface area contributed by atoms with Crippen molar-refractivity contribution in [2.75, 3.05) is 13.1 Å². The fourth-order valence-corrected chi connectivity index (χ4v) is 3.98. The Balaban J connectivity index is 1.36. The molecule has 1 aliphatic heterocycles. The van der Waals surface area contributed by atoms with Crippen molar-refractivity contribution in [1.82, 2.24) is 4.90 Å². The molecule has 0 radical (unpaired) electrons. The van der Waals surface area contributed by atoms with Gasteiger partial charge in [-0.3, -0.25) is 4.90 Å². The van der Waals surface area contributed by atoms with Gasteiger partial charge in [-0.15, -0.1) is 0 Å². The third kappa shape index (κ3) is 4.49. The van der Waals surface area contributed by atoms with Gasteiger partial charge in [0.05, 0.1) is 5.60 Å². The average molecular weight is 375 g/mol. The lowest BCUT2D eigenvalue weighted by Gasteiger charge is -2.38. The molecule has 4 rings (SSSR count). The summed E-state index contributed by atoms with van der Waals surface area (Å²) >= 11 is 0. The first-order chi connectivity index (χ1) is 13.6. The van der Waals surface area contributed by atoms with Crippen LogP contribution in [0.25, 0.3) is 0 Å². The molecule has 144 valence electrons. The third-order valence-corrected chi connectivity index (χ3v) is 5.75. The first-order valence-electron chi connectivity index (χ1n) is 9.93. The van der Waals surface area contributed by atoms with Gasteiger partial charge >= 0.3 is 0 Å². The quantitative estimate of drug-likeness (QED) is 0.686. The SMILES string of the molecule is OC1(c2ccc(Cc3ccc(F)cc3)cc2)CCN(Cc2ccccc2)CC1. The maximum absolute atomic E-state index is 13.0. The van der Waals surface area contributed by atoms with E-state index < -0.39 is 5.60 Å². The molecule has 1 fully saturated rings. The Morgan fingerprint density at radius 3 is 1.93 bits per heavy atom. The van der Waals surface area contributed by atoms with E-state index in [0.29, 0.717) is 0 Å². The zero-order valence-corrected chi connectivity index (χ0v) is 16.0. The molecule has 1 saturated heterocycles. The van der Waals surface area contributed by atoms with Gasteiger partial charge in [0.2, 0.25) is 0 Å². The molecule has 2 nitrogen and oxygen atoms in total. The van der Waals surface area contributed by atoms with Gasteiger partial charge in [-0.1, -0.05) is 66.7 Å². The van der Waals surface area contributed by atoms with Gasteiger partial charge in [-0.2, -0.15) is 0 Å². The summed E-state index contributed by atoms with van der Waals surface area (Å²) in [6, 6.07) is 25.4. The molecule has 3 aromatic carbocycles. The van der Waals surface area contributed by atoms with Gasteiger partial charge in [-0.25, -0.2) is 4.39 Å². The van der Waals surface area contributed by atoms with E-state index in [4.69, 9.17) is 0 Å². The van der Waals surface area contributed by atoms with Crippen LogP contribution in [0.15, 0.2) is 78.9 Å². The molecular formula is C25H26FNO. The minimum Gasteiger partial charge on any atom is -0.385 e. The van der Waals surface area contributed by atoms with Crippen LogP contribution in [0.3, 0.4) is 0 Å². The van der Waals surface area contributed by atoms with Crippen LogP contribution in [-0.4, -0.2) is 23.1 Å². The number of aliphatic hydroxyl groups is 1. The minimum atomic E-state index is -0.748. The second-order valence-corrected chi connectivity index (χ2v) is 7.79. The van der Waals surface area contributed by atoms with Crippen LogP contribution in [0.1, 0.15) is 35.1 Å². The van der Waals surface area contributed by atoms with Crippen LogP contribution in [0.4, 0.5) is 4.39 Å². The lowest BCUT2D eigenvalue weighted by molar-refractivity contribution is -0.0277. The van der Waals surface area contributed by atoms with E-state index in [1.807, 2.05) is 30.3 Å². The van der Waals surface area contributed by atoms with Crippen LogP contribution in [0.2, 0.25) is 0 Å². The van der Waals surface area contributed by atoms with Crippen LogP contribution in [-0.2, 0) is 18.6 Å². The first-order valence-corrected chi connectivity index (χ1v) is 9.93. The maximum Gasteiger partial charge on any atom is 0.123 e. The fourth-order valence-electron chi connectivity index (χ4n) is 3.98. The first kappa shape index (κ1) is 18.9. The molecule has 1 N–H and O–H groups in total. The molecule has 0 bridgehead atoms. The maximum atomic E-state index is 13.0. The summed E-state index contributed by atoms with van der Waals surface area (Å²) < 4.78 is 13.0. The van der Waals surface area contributed by atoms with Crippen molar-refractivity contribution >= 4 is 0 Å². The molecule has 0 unspecified atom stereocenters. The van der Waals surface area contributed by atoms with E-state index in [-0.39, 0.29) is 5.82 Å². The molecular weight excluding hydrogens is 349 g/mol. The highest BCUT2D eigenvalue weighted by Crippen LogP contribution is 2.33. The number of nitrogens with zero attached hydrogens (tertiary/aromatic N) is 1. The zero-order chi connectivity index (χ0) is 19.4. The Labute approximate surface area is 166 Å². The van der Waals surface area contributed by atoms with Crippen molar-refractivity contribution in [1.29, 1.82) is 0 Å². The average Bonchev–Trinajstić information content (AvgIpc) is 2.73. The predicted molar refractivity (Wildman–Crippen MR) is 110 cm³/mol. The molecule has 0 atom stereocenters. The number of hydrogen-bond acceptors (Lipinski definition) is 2. The molecule has 1 heterocycles. The van der Waals surface area contributed by atoms with Gasteiger partial charge in [0, 0.05) is 19.6 Å². The van der Waals surface area contributed by atoms with Crippen molar-refractivity contribution in [2.45, 2.75) is 31.4 Å². The number of hydrogen-bond donors (Lipinski definition) is 1. The highest BCUT2D eigenvalue weighted by Gasteiger charge is 2.33. The van der Waals surface area contributed by atoms with E-state index in [9.17, 15) is 9.50 Å². The number of piperidine rings is 1. The summed E-state index contributed by atoms with van der Waals surface area (Å²) in [6.07, 6.45) is 2.26. The Morgan fingerprint density at radius 2 is 1.32 bits per heavy atom. The van der Waals surface area contributed by atoms with Gasteiger partial charge < -0.3 is 5.11 Å². The Kier molecular flexibility index (Phi) is 5.56. The van der Waals surface area contributed by atoms with E-state index in [2.05, 4.69) is 41.3 Å². The number of halogens is 1. The van der Waals surface area contributed by atoms with Crippen LogP contribution >= 0.6 is 0 Å². The molecule has 0 saturated carbocycles. The lowest BCUT2D eigenvalue weighted by atomic mass is 9.84. The van der Waals surface area contributed by atoms with Gasteiger partial charge in [0.25, 0.3) is 0 Å². The molecule has 0 spiro atoms. The third-order valence-electron chi connectivity index (χ3n) is 5.75. The molecule has 3 heteroatoms. The standard InChI is InChI=1S/C25H26FNO/c26-24-12-8-21(9-13-24)18-20-6-10-23(11-7-20)25(28)14-16-27(17-15-25)19-22-4-2-1-3-5-22/h1-13,28H,14-19H2. The Hall–Kier alpha value is -2.49. The molecule has 1 aliphatic rings. The largest absolute Gasteiger partial charge is 0.385 e. The molecule has 0 amide bonds. The molecule has 0 aliphatic carbocycles. The second kappa shape index (κ2) is 8.26. The van der Waals surface area contributed by atoms with Crippen LogP contribution in [0.5, 0.6) is 0 Å². The summed E-state index contributed by atoms with van der Waals surface area (Å²) in [4.78, 5) is 2.41. The van der Waals surface area contributed by atoms with Crippen LogP contribution < -0.4 is 0 Å². The Morgan fingerprint density at radius 1 is 0.750 bits per heavy atom. The van der Waals surface area contributed by atoms with Crippen LogP contribution in [0, 0.1) is 5.82 Å². The van der Waals surface area contributed by atoms with E-state index in [1.165, 1.54) is 23.3 Å². The highest BCUT2D eigenvalue weighted by molar-refractivity contribution is 5.31. The van der Waals surface area contributed by atoms with Crippen molar-refractivity contribution in [3.63, 3.8) is 0 Å². The Bertz CT molecular complexity index is 882. The second-order valence-electron chi connectivity index (χ2n) is 7.79. The predicted octanol–water partition coefficient (Wildman–Crippen LogP) is 4.90. The zero-order valence-electron chi connectivity index (χ0n) is 16.0. The van der Waals surface area contributed by atoms with Crippen molar-refractivity contribution < 1.29 is 9.50 Å². The normalized spacial score (nSPS) is 16.8. The topological polar surface area (TPSA) is 23.5 Å². The number of rotatable bonds is 5. The summed E-state index contributed by atoms with van der Waals surface area (Å²) in [5.41, 5.74) is 3.82. The van der Waals surface area contributed by atoms with Gasteiger partial charge in [0.1, 0.15) is 5.82 Å². The molecule has 0 aromatic heterocycles.